The van der Waals surface area contributed by atoms with E-state index in [2.05, 4.69) is 25.5 Å². The fourth-order valence-electron chi connectivity index (χ4n) is 3.41. The van der Waals surface area contributed by atoms with E-state index in [1.165, 1.54) is 12.4 Å². The summed E-state index contributed by atoms with van der Waals surface area (Å²) in [7, 11) is 0. The number of carbonyl (C=O) groups excluding carboxylic acids is 1. The predicted molar refractivity (Wildman–Crippen MR) is 131 cm³/mol. The number of benzene rings is 1. The second-order valence-electron chi connectivity index (χ2n) is 7.95. The first-order chi connectivity index (χ1) is 16.6. The number of nitrogens with zero attached hydrogens (tertiary/aromatic N) is 5. The number of hydrogen-bond donors (Lipinski definition) is 4. The molecule has 1 aromatic carbocycles. The zero-order chi connectivity index (χ0) is 25.3. The minimum atomic E-state index is -1.33. The van der Waals surface area contributed by atoms with Crippen LogP contribution in [0.15, 0.2) is 41.2 Å². The van der Waals surface area contributed by atoms with Gasteiger partial charge in [0.2, 0.25) is 11.8 Å². The zero-order valence-electron chi connectivity index (χ0n) is 18.7. The molecule has 0 aliphatic rings. The molecule has 0 aliphatic carbocycles. The van der Waals surface area contributed by atoms with Crippen LogP contribution in [-0.2, 0) is 11.2 Å². The van der Waals surface area contributed by atoms with Crippen molar-refractivity contribution in [2.24, 2.45) is 5.73 Å². The molecule has 0 aliphatic heterocycles. The Balaban J connectivity index is 1.46. The van der Waals surface area contributed by atoms with E-state index in [9.17, 15) is 9.90 Å². The van der Waals surface area contributed by atoms with Gasteiger partial charge in [-0.2, -0.15) is 5.10 Å². The number of aliphatic hydroxyl groups excluding tert-OH is 1. The molecule has 1 unspecified atom stereocenters. The van der Waals surface area contributed by atoms with Crippen molar-refractivity contribution in [3.05, 3.63) is 58.0 Å². The van der Waals surface area contributed by atoms with E-state index >= 15 is 0 Å². The molecule has 0 bridgehead atoms. The molecule has 0 radical (unpaired) electrons. The van der Waals surface area contributed by atoms with Gasteiger partial charge in [0.25, 0.3) is 0 Å². The lowest BCUT2D eigenvalue weighted by molar-refractivity contribution is -0.115. The summed E-state index contributed by atoms with van der Waals surface area (Å²) in [5.41, 5.74) is 14.2. The van der Waals surface area contributed by atoms with Gasteiger partial charge in [0.15, 0.2) is 0 Å². The molecule has 6 N–H and O–H groups in total. The van der Waals surface area contributed by atoms with Gasteiger partial charge in [-0.1, -0.05) is 28.4 Å². The van der Waals surface area contributed by atoms with Crippen molar-refractivity contribution in [3.63, 3.8) is 0 Å². The van der Waals surface area contributed by atoms with Crippen molar-refractivity contribution in [1.82, 2.24) is 24.9 Å². The molecule has 35 heavy (non-hydrogen) atoms. The van der Waals surface area contributed by atoms with E-state index in [0.29, 0.717) is 38.4 Å². The first-order valence-corrected chi connectivity index (χ1v) is 11.2. The van der Waals surface area contributed by atoms with E-state index in [0.717, 1.165) is 0 Å². The number of hydrogen-bond acceptors (Lipinski definition) is 9. The Morgan fingerprint density at radius 1 is 1.20 bits per heavy atom. The van der Waals surface area contributed by atoms with Crippen LogP contribution in [0.1, 0.15) is 37.4 Å². The van der Waals surface area contributed by atoms with E-state index in [1.807, 2.05) is 13.8 Å². The first kappa shape index (κ1) is 24.6. The van der Waals surface area contributed by atoms with Crippen LogP contribution in [0, 0.1) is 0 Å². The Labute approximate surface area is 210 Å². The number of carbonyl (C=O) groups is 1. The largest absolute Gasteiger partial charge is 0.384 e. The molecular formula is C22H22Cl2N8O3. The Morgan fingerprint density at radius 2 is 1.97 bits per heavy atom. The number of nitrogens with two attached hydrogens (primary N) is 2. The SMILES string of the molecule is CC(C)n1nc(-c2cnc(CC(=O)Nc3cc(-c4ccc(Cl)cc4Cl)no3)cn2)c(C(N)O)c1N. The number of aromatic nitrogens is 5. The summed E-state index contributed by atoms with van der Waals surface area (Å²) < 4.78 is 6.74. The monoisotopic (exact) mass is 516 g/mol. The maximum Gasteiger partial charge on any atom is 0.232 e. The summed E-state index contributed by atoms with van der Waals surface area (Å²) >= 11 is 12.1. The Morgan fingerprint density at radius 3 is 2.60 bits per heavy atom. The maximum absolute atomic E-state index is 12.5. The summed E-state index contributed by atoms with van der Waals surface area (Å²) in [6, 6.07) is 6.47. The van der Waals surface area contributed by atoms with Crippen LogP contribution in [0.5, 0.6) is 0 Å². The molecule has 182 valence electrons. The molecule has 3 heterocycles. The Kier molecular flexibility index (Phi) is 7.03. The van der Waals surface area contributed by atoms with Gasteiger partial charge >= 0.3 is 0 Å². The minimum absolute atomic E-state index is 0.0514. The first-order valence-electron chi connectivity index (χ1n) is 10.5. The number of amides is 1. The van der Waals surface area contributed by atoms with Gasteiger partial charge in [-0.3, -0.25) is 20.1 Å². The molecule has 0 saturated carbocycles. The second kappa shape index (κ2) is 10.0. The summed E-state index contributed by atoms with van der Waals surface area (Å²) in [5.74, 6) is 0.0155. The van der Waals surface area contributed by atoms with Crippen molar-refractivity contribution < 1.29 is 14.4 Å². The van der Waals surface area contributed by atoms with Crippen molar-refractivity contribution in [1.29, 1.82) is 0 Å². The highest BCUT2D eigenvalue weighted by atomic mass is 35.5. The van der Waals surface area contributed by atoms with E-state index in [-0.39, 0.29) is 35.6 Å². The van der Waals surface area contributed by atoms with Gasteiger partial charge in [0, 0.05) is 28.9 Å². The van der Waals surface area contributed by atoms with E-state index < -0.39 is 6.23 Å². The number of halogens is 2. The number of rotatable bonds is 7. The maximum atomic E-state index is 12.5. The second-order valence-corrected chi connectivity index (χ2v) is 8.79. The molecule has 13 heteroatoms. The molecule has 4 rings (SSSR count). The molecule has 1 atom stereocenters. The number of anilines is 2. The summed E-state index contributed by atoms with van der Waals surface area (Å²) in [6.45, 7) is 3.80. The minimum Gasteiger partial charge on any atom is -0.384 e. The van der Waals surface area contributed by atoms with Crippen molar-refractivity contribution in [2.75, 3.05) is 11.1 Å². The van der Waals surface area contributed by atoms with Gasteiger partial charge in [-0.15, -0.1) is 0 Å². The molecule has 0 fully saturated rings. The lowest BCUT2D eigenvalue weighted by Crippen LogP contribution is -2.15. The van der Waals surface area contributed by atoms with E-state index in [4.69, 9.17) is 39.2 Å². The Hall–Kier alpha value is -3.51. The van der Waals surface area contributed by atoms with Crippen LogP contribution in [-0.4, -0.2) is 35.9 Å². The molecule has 1 amide bonds. The van der Waals surface area contributed by atoms with Crippen molar-refractivity contribution in [3.8, 4) is 22.6 Å². The number of nitrogen functional groups attached to an aromatic ring is 1. The standard InChI is InChI=1S/C22H22Cl2N8O3/c1-10(2)32-21(25)19(22(26)34)20(30-32)16-9-27-12(8-28-16)6-17(33)29-18-7-15(31-35-18)13-4-3-11(23)5-14(13)24/h3-5,7-10,22,34H,6,25-26H2,1-2H3,(H,29,33). The third-order valence-electron chi connectivity index (χ3n) is 5.04. The quantitative estimate of drug-likeness (QED) is 0.267. The van der Waals surface area contributed by atoms with Crippen molar-refractivity contribution in [2.45, 2.75) is 32.5 Å². The van der Waals surface area contributed by atoms with Crippen LogP contribution in [0.2, 0.25) is 10.0 Å². The van der Waals surface area contributed by atoms with E-state index in [1.54, 1.807) is 28.9 Å². The van der Waals surface area contributed by atoms with Gasteiger partial charge in [0.1, 0.15) is 29.1 Å². The van der Waals surface area contributed by atoms with Gasteiger partial charge in [-0.05, 0) is 32.0 Å². The number of nitrogens with one attached hydrogen (secondary N) is 1. The topological polar surface area (TPSA) is 171 Å². The highest BCUT2D eigenvalue weighted by molar-refractivity contribution is 6.36. The molecule has 0 saturated heterocycles. The third-order valence-corrected chi connectivity index (χ3v) is 5.59. The lowest BCUT2D eigenvalue weighted by Gasteiger charge is -2.09. The lowest BCUT2D eigenvalue weighted by atomic mass is 10.1. The summed E-state index contributed by atoms with van der Waals surface area (Å²) in [4.78, 5) is 21.1. The molecule has 3 aromatic heterocycles. The Bertz CT molecular complexity index is 1370. The average molecular weight is 517 g/mol. The molecular weight excluding hydrogens is 495 g/mol. The third kappa shape index (κ3) is 5.28. The van der Waals surface area contributed by atoms with Gasteiger partial charge in [-0.25, -0.2) is 4.68 Å². The molecule has 0 spiro atoms. The highest BCUT2D eigenvalue weighted by Crippen LogP contribution is 2.32. The van der Waals surface area contributed by atoms with Crippen LogP contribution < -0.4 is 16.8 Å². The fraction of sp³-hybridized carbons (Fsp3) is 0.227. The van der Waals surface area contributed by atoms with Crippen LogP contribution in [0.4, 0.5) is 11.7 Å². The number of aliphatic hydroxyl groups is 1. The van der Waals surface area contributed by atoms with Crippen LogP contribution >= 0.6 is 23.2 Å². The van der Waals surface area contributed by atoms with Crippen LogP contribution in [0.25, 0.3) is 22.6 Å². The normalized spacial score (nSPS) is 12.2. The molecule has 11 nitrogen and oxygen atoms in total. The summed E-state index contributed by atoms with van der Waals surface area (Å²) in [6.07, 6.45) is 1.47. The zero-order valence-corrected chi connectivity index (χ0v) is 20.2. The van der Waals surface area contributed by atoms with Gasteiger partial charge in [0.05, 0.1) is 28.9 Å². The summed E-state index contributed by atoms with van der Waals surface area (Å²) in [5, 5.41) is 21.8. The highest BCUT2D eigenvalue weighted by Gasteiger charge is 2.23. The van der Waals surface area contributed by atoms with Crippen LogP contribution in [0.3, 0.4) is 0 Å². The van der Waals surface area contributed by atoms with Crippen molar-refractivity contribution >= 4 is 40.8 Å². The fourth-order valence-corrected chi connectivity index (χ4v) is 3.91. The smallest absolute Gasteiger partial charge is 0.232 e. The average Bonchev–Trinajstić information content (AvgIpc) is 3.38. The molecule has 4 aromatic rings. The van der Waals surface area contributed by atoms with Gasteiger partial charge < -0.3 is 21.1 Å². The predicted octanol–water partition coefficient (Wildman–Crippen LogP) is 3.60.